The van der Waals surface area contributed by atoms with Crippen LogP contribution in [0, 0.1) is 11.3 Å². The maximum atomic E-state index is 11.7. The summed E-state index contributed by atoms with van der Waals surface area (Å²) in [7, 11) is 0. The fraction of sp³-hybridized carbons (Fsp3) is 0.308. The highest BCUT2D eigenvalue weighted by molar-refractivity contribution is 5.89. The van der Waals surface area contributed by atoms with Crippen molar-refractivity contribution in [1.29, 1.82) is 5.26 Å². The number of nitrogens with zero attached hydrogens (tertiary/aromatic N) is 2. The lowest BCUT2D eigenvalue weighted by Gasteiger charge is -2.12. The first-order valence-corrected chi connectivity index (χ1v) is 5.83. The van der Waals surface area contributed by atoms with Crippen molar-refractivity contribution in [2.75, 3.05) is 18.0 Å². The Morgan fingerprint density at radius 1 is 1.53 bits per heavy atom. The first-order valence-electron chi connectivity index (χ1n) is 5.83. The predicted molar refractivity (Wildman–Crippen MR) is 67.5 cm³/mol. The molecular formula is C13H13N3O3. The Morgan fingerprint density at radius 3 is 2.79 bits per heavy atom. The van der Waals surface area contributed by atoms with E-state index in [4.69, 9.17) is 10.00 Å². The summed E-state index contributed by atoms with van der Waals surface area (Å²) >= 11 is 0. The van der Waals surface area contributed by atoms with Gasteiger partial charge in [0.15, 0.2) is 0 Å². The van der Waals surface area contributed by atoms with Gasteiger partial charge in [0, 0.05) is 12.6 Å². The molecule has 1 aliphatic rings. The quantitative estimate of drug-likeness (QED) is 0.878. The largest absolute Gasteiger partial charge is 0.442 e. The first-order chi connectivity index (χ1) is 9.10. The van der Waals surface area contributed by atoms with E-state index in [1.807, 2.05) is 6.07 Å². The second-order valence-corrected chi connectivity index (χ2v) is 4.21. The number of hydrogen-bond acceptors (Lipinski definition) is 4. The molecule has 0 aromatic heterocycles. The Kier molecular flexibility index (Phi) is 3.66. The molecule has 6 heteroatoms. The lowest BCUT2D eigenvalue weighted by atomic mass is 10.2. The summed E-state index contributed by atoms with van der Waals surface area (Å²) in [6.07, 6.45) is -0.799. The molecular weight excluding hydrogens is 246 g/mol. The van der Waals surface area contributed by atoms with Gasteiger partial charge in [-0.2, -0.15) is 5.26 Å². The molecule has 0 saturated carbocycles. The number of nitriles is 1. The number of hydrogen-bond donors (Lipinski definition) is 1. The van der Waals surface area contributed by atoms with E-state index >= 15 is 0 Å². The average molecular weight is 259 g/mol. The van der Waals surface area contributed by atoms with E-state index in [2.05, 4.69) is 5.32 Å². The van der Waals surface area contributed by atoms with E-state index in [0.29, 0.717) is 24.3 Å². The summed E-state index contributed by atoms with van der Waals surface area (Å²) in [5, 5.41) is 11.3. The minimum Gasteiger partial charge on any atom is -0.442 e. The molecule has 0 bridgehead atoms. The molecule has 1 aromatic rings. The van der Waals surface area contributed by atoms with Gasteiger partial charge in [-0.25, -0.2) is 4.79 Å². The molecule has 0 spiro atoms. The van der Waals surface area contributed by atoms with Crippen LogP contribution in [0.1, 0.15) is 12.5 Å². The van der Waals surface area contributed by atoms with Crippen LogP contribution in [-0.2, 0) is 9.53 Å². The fourth-order valence-electron chi connectivity index (χ4n) is 1.81. The number of ether oxygens (including phenoxy) is 1. The zero-order valence-corrected chi connectivity index (χ0v) is 10.4. The van der Waals surface area contributed by atoms with Crippen molar-refractivity contribution in [2.45, 2.75) is 13.0 Å². The van der Waals surface area contributed by atoms with Gasteiger partial charge in [0.05, 0.1) is 24.7 Å². The highest BCUT2D eigenvalue weighted by Crippen LogP contribution is 2.21. The standard InChI is InChI=1S/C13H13N3O3/c1-9(17)15-7-12-8-16(13(18)19-12)11-4-2-10(6-14)3-5-11/h2-5,12H,7-8H2,1H3,(H,15,17)/t12-/m1/s1. The van der Waals surface area contributed by atoms with Crippen LogP contribution >= 0.6 is 0 Å². The zero-order valence-electron chi connectivity index (χ0n) is 10.4. The number of benzene rings is 1. The first kappa shape index (κ1) is 12.9. The number of amides is 2. The molecule has 1 heterocycles. The molecule has 0 unspecified atom stereocenters. The van der Waals surface area contributed by atoms with Gasteiger partial charge in [-0.15, -0.1) is 0 Å². The molecule has 1 atom stereocenters. The molecule has 0 radical (unpaired) electrons. The Labute approximate surface area is 110 Å². The maximum absolute atomic E-state index is 11.7. The van der Waals surface area contributed by atoms with Crippen molar-refractivity contribution in [3.8, 4) is 6.07 Å². The summed E-state index contributed by atoms with van der Waals surface area (Å²) in [4.78, 5) is 24.0. The van der Waals surface area contributed by atoms with Crippen molar-refractivity contribution in [3.05, 3.63) is 29.8 Å². The van der Waals surface area contributed by atoms with Crippen LogP contribution < -0.4 is 10.2 Å². The molecule has 2 rings (SSSR count). The number of carbonyl (C=O) groups is 2. The lowest BCUT2D eigenvalue weighted by Crippen LogP contribution is -2.33. The van der Waals surface area contributed by atoms with E-state index in [1.165, 1.54) is 11.8 Å². The van der Waals surface area contributed by atoms with Crippen molar-refractivity contribution in [2.24, 2.45) is 0 Å². The molecule has 2 amide bonds. The van der Waals surface area contributed by atoms with Gasteiger partial charge in [-0.3, -0.25) is 9.69 Å². The van der Waals surface area contributed by atoms with E-state index in [0.717, 1.165) is 0 Å². The summed E-state index contributed by atoms with van der Waals surface area (Å²) in [6.45, 7) is 2.09. The van der Waals surface area contributed by atoms with Gasteiger partial charge in [-0.1, -0.05) is 0 Å². The molecule has 1 fully saturated rings. The van der Waals surface area contributed by atoms with Crippen molar-refractivity contribution in [1.82, 2.24) is 5.32 Å². The van der Waals surface area contributed by atoms with Gasteiger partial charge in [0.25, 0.3) is 0 Å². The summed E-state index contributed by atoms with van der Waals surface area (Å²) in [6, 6.07) is 8.69. The number of nitrogens with one attached hydrogen (secondary N) is 1. The third-order valence-electron chi connectivity index (χ3n) is 2.76. The molecule has 0 aliphatic carbocycles. The van der Waals surface area contributed by atoms with Crippen molar-refractivity contribution in [3.63, 3.8) is 0 Å². The third kappa shape index (κ3) is 3.01. The monoisotopic (exact) mass is 259 g/mol. The van der Waals surface area contributed by atoms with Gasteiger partial charge in [0.2, 0.25) is 5.91 Å². The lowest BCUT2D eigenvalue weighted by molar-refractivity contribution is -0.119. The van der Waals surface area contributed by atoms with Gasteiger partial charge >= 0.3 is 6.09 Å². The smallest absolute Gasteiger partial charge is 0.414 e. The number of cyclic esters (lactones) is 1. The number of carbonyl (C=O) groups excluding carboxylic acids is 2. The molecule has 1 aromatic carbocycles. The highest BCUT2D eigenvalue weighted by Gasteiger charge is 2.32. The predicted octanol–water partition coefficient (Wildman–Crippen LogP) is 1.02. The van der Waals surface area contributed by atoms with Crippen molar-refractivity contribution >= 4 is 17.7 Å². The van der Waals surface area contributed by atoms with Crippen LogP contribution in [0.15, 0.2) is 24.3 Å². The summed E-state index contributed by atoms with van der Waals surface area (Å²) in [5.41, 5.74) is 1.21. The zero-order chi connectivity index (χ0) is 13.8. The topological polar surface area (TPSA) is 82.4 Å². The summed E-state index contributed by atoms with van der Waals surface area (Å²) in [5.74, 6) is -0.159. The molecule has 6 nitrogen and oxygen atoms in total. The summed E-state index contributed by atoms with van der Waals surface area (Å²) < 4.78 is 5.14. The SMILES string of the molecule is CC(=O)NC[C@@H]1CN(c2ccc(C#N)cc2)C(=O)O1. The van der Waals surface area contributed by atoms with E-state index < -0.39 is 6.09 Å². The van der Waals surface area contributed by atoms with Crippen LogP contribution in [0.4, 0.5) is 10.5 Å². The molecule has 1 aliphatic heterocycles. The van der Waals surface area contributed by atoms with Gasteiger partial charge < -0.3 is 10.1 Å². The normalized spacial score (nSPS) is 17.8. The third-order valence-corrected chi connectivity index (χ3v) is 2.76. The van der Waals surface area contributed by atoms with Crippen LogP contribution in [0.25, 0.3) is 0 Å². The van der Waals surface area contributed by atoms with Gasteiger partial charge in [-0.05, 0) is 24.3 Å². The van der Waals surface area contributed by atoms with E-state index in [9.17, 15) is 9.59 Å². The van der Waals surface area contributed by atoms with E-state index in [1.54, 1.807) is 24.3 Å². The highest BCUT2D eigenvalue weighted by atomic mass is 16.6. The molecule has 1 saturated heterocycles. The maximum Gasteiger partial charge on any atom is 0.414 e. The molecule has 98 valence electrons. The Balaban J connectivity index is 2.03. The van der Waals surface area contributed by atoms with Gasteiger partial charge in [0.1, 0.15) is 6.10 Å². The average Bonchev–Trinajstić information content (AvgIpc) is 2.78. The Bertz CT molecular complexity index is 533. The molecule has 1 N–H and O–H groups in total. The van der Waals surface area contributed by atoms with Crippen molar-refractivity contribution < 1.29 is 14.3 Å². The molecule has 19 heavy (non-hydrogen) atoms. The van der Waals surface area contributed by atoms with Crippen LogP contribution in [0.5, 0.6) is 0 Å². The minimum atomic E-state index is -0.444. The fourth-order valence-corrected chi connectivity index (χ4v) is 1.81. The van der Waals surface area contributed by atoms with Crippen LogP contribution in [-0.4, -0.2) is 31.2 Å². The second-order valence-electron chi connectivity index (χ2n) is 4.21. The number of rotatable bonds is 3. The number of anilines is 1. The minimum absolute atomic E-state index is 0.159. The van der Waals surface area contributed by atoms with Crippen LogP contribution in [0.3, 0.4) is 0 Å². The second kappa shape index (κ2) is 5.40. The Morgan fingerprint density at radius 2 is 2.21 bits per heavy atom. The Hall–Kier alpha value is -2.55. The van der Waals surface area contributed by atoms with E-state index in [-0.39, 0.29) is 12.0 Å². The van der Waals surface area contributed by atoms with Crippen LogP contribution in [0.2, 0.25) is 0 Å².